The zero-order valence-corrected chi connectivity index (χ0v) is 30.5. The molecule has 12 heteroatoms. The van der Waals surface area contributed by atoms with Gasteiger partial charge >= 0.3 is 18.2 Å². The zero-order chi connectivity index (χ0) is 37.2. The van der Waals surface area contributed by atoms with Crippen molar-refractivity contribution in [3.8, 4) is 0 Å². The van der Waals surface area contributed by atoms with E-state index in [0.29, 0.717) is 30.5 Å². The number of ketones is 1. The van der Waals surface area contributed by atoms with Crippen molar-refractivity contribution < 1.29 is 38.2 Å². The maximum atomic E-state index is 14.3. The third kappa shape index (κ3) is 12.6. The second-order valence-electron chi connectivity index (χ2n) is 14.9. The van der Waals surface area contributed by atoms with Gasteiger partial charge in [-0.3, -0.25) is 30.0 Å². The normalized spacial score (nSPS) is 15.2. The first-order valence-corrected chi connectivity index (χ1v) is 17.0. The number of rotatable bonds is 12. The number of esters is 1. The van der Waals surface area contributed by atoms with E-state index in [9.17, 15) is 24.0 Å². The molecule has 2 aromatic carbocycles. The molecule has 0 spiro atoms. The third-order valence-corrected chi connectivity index (χ3v) is 7.67. The summed E-state index contributed by atoms with van der Waals surface area (Å²) in [5.74, 6) is -1.43. The Bertz CT molecular complexity index is 1510. The SMILES string of the molecule is CC(C)C[C@H](C(=O)N1CCC[C@H]1C(=O)Cc1ccc(C(=N)NC(=O)OCc2ccccc2)cc1)N(CC(=O)OC(C)(C)C)C(=O)OC(C)(C)C. The van der Waals surface area contributed by atoms with E-state index in [1.807, 2.05) is 44.2 Å². The van der Waals surface area contributed by atoms with Crippen LogP contribution in [0.15, 0.2) is 54.6 Å². The van der Waals surface area contributed by atoms with E-state index in [1.165, 1.54) is 4.90 Å². The van der Waals surface area contributed by atoms with E-state index < -0.39 is 53.9 Å². The Kier molecular flexibility index (Phi) is 13.7. The number of amidine groups is 1. The van der Waals surface area contributed by atoms with Gasteiger partial charge < -0.3 is 19.1 Å². The second kappa shape index (κ2) is 17.3. The van der Waals surface area contributed by atoms with Crippen molar-refractivity contribution in [3.63, 3.8) is 0 Å². The largest absolute Gasteiger partial charge is 0.459 e. The molecular formula is C38H52N4O8. The number of amides is 3. The minimum Gasteiger partial charge on any atom is -0.459 e. The van der Waals surface area contributed by atoms with E-state index >= 15 is 0 Å². The first kappa shape index (κ1) is 39.7. The van der Waals surface area contributed by atoms with Crippen LogP contribution in [0.4, 0.5) is 9.59 Å². The summed E-state index contributed by atoms with van der Waals surface area (Å²) in [5, 5.41) is 10.7. The van der Waals surface area contributed by atoms with Gasteiger partial charge in [-0.1, -0.05) is 68.4 Å². The number of nitrogens with one attached hydrogen (secondary N) is 2. The molecule has 1 heterocycles. The Morgan fingerprint density at radius 1 is 0.900 bits per heavy atom. The van der Waals surface area contributed by atoms with Gasteiger partial charge in [-0.05, 0) is 77.8 Å². The summed E-state index contributed by atoms with van der Waals surface area (Å²) in [5.41, 5.74) is 0.249. The van der Waals surface area contributed by atoms with Gasteiger partial charge in [0.05, 0.1) is 6.04 Å². The van der Waals surface area contributed by atoms with Crippen molar-refractivity contribution in [2.75, 3.05) is 13.1 Å². The Balaban J connectivity index is 1.71. The topological polar surface area (TPSA) is 155 Å². The van der Waals surface area contributed by atoms with Crippen LogP contribution >= 0.6 is 0 Å². The van der Waals surface area contributed by atoms with Gasteiger partial charge in [-0.2, -0.15) is 0 Å². The number of benzene rings is 2. The summed E-state index contributed by atoms with van der Waals surface area (Å²) in [6, 6.07) is 14.1. The van der Waals surface area contributed by atoms with Crippen molar-refractivity contribution in [2.24, 2.45) is 5.92 Å². The van der Waals surface area contributed by atoms with Crippen molar-refractivity contribution in [1.29, 1.82) is 5.41 Å². The van der Waals surface area contributed by atoms with Gasteiger partial charge in [0.25, 0.3) is 0 Å². The minimum absolute atomic E-state index is 0.0262. The number of ether oxygens (including phenoxy) is 3. The molecule has 0 aromatic heterocycles. The lowest BCUT2D eigenvalue weighted by Gasteiger charge is -2.36. The number of hydrogen-bond donors (Lipinski definition) is 2. The molecule has 1 aliphatic heterocycles. The number of hydrogen-bond acceptors (Lipinski definition) is 9. The molecule has 2 aromatic rings. The molecule has 3 amide bonds. The number of nitrogens with zero attached hydrogens (tertiary/aromatic N) is 2. The van der Waals surface area contributed by atoms with Crippen molar-refractivity contribution in [1.82, 2.24) is 15.1 Å². The molecule has 0 unspecified atom stereocenters. The number of Topliss-reactive ketones (excluding diaryl/α,β-unsaturated/α-hetero) is 1. The highest BCUT2D eigenvalue weighted by Crippen LogP contribution is 2.26. The third-order valence-electron chi connectivity index (χ3n) is 7.67. The van der Waals surface area contributed by atoms with Crippen LogP contribution in [0.25, 0.3) is 0 Å². The highest BCUT2D eigenvalue weighted by molar-refractivity contribution is 6.04. The highest BCUT2D eigenvalue weighted by atomic mass is 16.6. The van der Waals surface area contributed by atoms with Gasteiger partial charge in [0, 0.05) is 18.5 Å². The standard InChI is InChI=1S/C38H52N4O8/c1-25(2)21-30(42(36(47)50-38(6,7)8)23-32(44)49-37(3,4)5)34(45)41-20-12-15-29(41)31(43)22-26-16-18-28(19-17-26)33(39)40-35(46)48-24-27-13-10-9-11-14-27/h9-11,13-14,16-19,25,29-30H,12,15,20-24H2,1-8H3,(H2,39,40,46)/t29-,30+/m0/s1. The fourth-order valence-corrected chi connectivity index (χ4v) is 5.54. The maximum Gasteiger partial charge on any atom is 0.413 e. The quantitative estimate of drug-likeness (QED) is 0.118. The van der Waals surface area contributed by atoms with E-state index in [4.69, 9.17) is 19.6 Å². The van der Waals surface area contributed by atoms with Gasteiger partial charge in [0.15, 0.2) is 5.78 Å². The molecule has 12 nitrogen and oxygen atoms in total. The van der Waals surface area contributed by atoms with Crippen molar-refractivity contribution in [3.05, 3.63) is 71.3 Å². The monoisotopic (exact) mass is 692 g/mol. The molecule has 1 fully saturated rings. The van der Waals surface area contributed by atoms with Gasteiger partial charge in [0.2, 0.25) is 5.91 Å². The summed E-state index contributed by atoms with van der Waals surface area (Å²) < 4.78 is 16.3. The average molecular weight is 693 g/mol. The fourth-order valence-electron chi connectivity index (χ4n) is 5.54. The lowest BCUT2D eigenvalue weighted by Crippen LogP contribution is -2.56. The number of carbonyl (C=O) groups excluding carboxylic acids is 5. The van der Waals surface area contributed by atoms with E-state index in [2.05, 4.69) is 5.32 Å². The molecular weight excluding hydrogens is 640 g/mol. The first-order chi connectivity index (χ1) is 23.3. The molecule has 0 bridgehead atoms. The van der Waals surface area contributed by atoms with Crippen LogP contribution in [0.1, 0.15) is 91.3 Å². The van der Waals surface area contributed by atoms with Crippen molar-refractivity contribution in [2.45, 2.75) is 111 Å². The number of carbonyl (C=O) groups is 5. The highest BCUT2D eigenvalue weighted by Gasteiger charge is 2.42. The van der Waals surface area contributed by atoms with Gasteiger partial charge in [-0.15, -0.1) is 0 Å². The number of likely N-dealkylation sites (tertiary alicyclic amines) is 1. The second-order valence-corrected chi connectivity index (χ2v) is 14.9. The summed E-state index contributed by atoms with van der Waals surface area (Å²) in [6.07, 6.45) is -0.200. The van der Waals surface area contributed by atoms with Crippen molar-refractivity contribution >= 4 is 35.7 Å². The van der Waals surface area contributed by atoms with Crippen LogP contribution in [0, 0.1) is 11.3 Å². The van der Waals surface area contributed by atoms with Crippen LogP contribution in [0.2, 0.25) is 0 Å². The molecule has 0 radical (unpaired) electrons. The molecule has 2 N–H and O–H groups in total. The van der Waals surface area contributed by atoms with Crippen LogP contribution in [0.3, 0.4) is 0 Å². The van der Waals surface area contributed by atoms with E-state index in [-0.39, 0.29) is 37.0 Å². The molecule has 0 aliphatic carbocycles. The van der Waals surface area contributed by atoms with E-state index in [1.54, 1.807) is 65.8 Å². The lowest BCUT2D eigenvalue weighted by atomic mass is 9.98. The summed E-state index contributed by atoms with van der Waals surface area (Å²) in [6.45, 7) is 14.0. The molecule has 1 saturated heterocycles. The van der Waals surface area contributed by atoms with Gasteiger partial charge in [0.1, 0.15) is 36.2 Å². The fraction of sp³-hybridized carbons (Fsp3) is 0.526. The van der Waals surface area contributed by atoms with Crippen LogP contribution in [-0.2, 0) is 41.6 Å². The zero-order valence-electron chi connectivity index (χ0n) is 30.5. The minimum atomic E-state index is -1.05. The van der Waals surface area contributed by atoms with Gasteiger partial charge in [-0.25, -0.2) is 9.59 Å². The molecule has 1 aliphatic rings. The average Bonchev–Trinajstić information content (AvgIpc) is 3.51. The smallest absolute Gasteiger partial charge is 0.413 e. The molecule has 272 valence electrons. The molecule has 2 atom stereocenters. The Hall–Kier alpha value is -4.74. The van der Waals surface area contributed by atoms with Crippen LogP contribution in [0.5, 0.6) is 0 Å². The van der Waals surface area contributed by atoms with E-state index in [0.717, 1.165) is 10.5 Å². The Morgan fingerprint density at radius 3 is 2.10 bits per heavy atom. The lowest BCUT2D eigenvalue weighted by molar-refractivity contribution is -0.158. The Morgan fingerprint density at radius 2 is 1.52 bits per heavy atom. The van der Waals surface area contributed by atoms with Crippen LogP contribution in [-0.4, -0.2) is 81.9 Å². The molecule has 50 heavy (non-hydrogen) atoms. The van der Waals surface area contributed by atoms with Crippen LogP contribution < -0.4 is 5.32 Å². The summed E-state index contributed by atoms with van der Waals surface area (Å²) in [4.78, 5) is 69.2. The summed E-state index contributed by atoms with van der Waals surface area (Å²) >= 11 is 0. The predicted molar refractivity (Wildman–Crippen MR) is 189 cm³/mol. The molecule has 0 saturated carbocycles. The maximum absolute atomic E-state index is 14.3. The first-order valence-electron chi connectivity index (χ1n) is 17.0. The molecule has 3 rings (SSSR count). The summed E-state index contributed by atoms with van der Waals surface area (Å²) in [7, 11) is 0. The Labute approximate surface area is 295 Å². The number of alkyl carbamates (subject to hydrolysis) is 1. The predicted octanol–water partition coefficient (Wildman–Crippen LogP) is 6.03.